The number of rotatable bonds is 2. The van der Waals surface area contributed by atoms with Crippen LogP contribution in [0, 0.1) is 0 Å². The first-order chi connectivity index (χ1) is 7.88. The van der Waals surface area contributed by atoms with Gasteiger partial charge in [0.25, 0.3) is 0 Å². The zero-order valence-electron chi connectivity index (χ0n) is 9.43. The van der Waals surface area contributed by atoms with Crippen LogP contribution in [0.1, 0.15) is 24.4 Å². The summed E-state index contributed by atoms with van der Waals surface area (Å²) in [6.45, 7) is 0. The van der Waals surface area contributed by atoms with Crippen LogP contribution in [0.5, 0.6) is 0 Å². The number of carbonyl (C=O) groups excluding carboxylic acids is 1. The normalized spacial score (nSPS) is 20.3. The fourth-order valence-corrected chi connectivity index (χ4v) is 2.59. The number of anilines is 1. The smallest absolute Gasteiger partial charge is 0.220 e. The molecule has 0 saturated carbocycles. The van der Waals surface area contributed by atoms with Crippen molar-refractivity contribution in [3.05, 3.63) is 23.8 Å². The first kappa shape index (κ1) is 11.9. The van der Waals surface area contributed by atoms with E-state index in [1.807, 2.05) is 0 Å². The third-order valence-electron chi connectivity index (χ3n) is 2.86. The van der Waals surface area contributed by atoms with Crippen molar-refractivity contribution in [2.24, 2.45) is 0 Å². The van der Waals surface area contributed by atoms with Crippen molar-refractivity contribution in [2.45, 2.75) is 23.8 Å². The van der Waals surface area contributed by atoms with Gasteiger partial charge in [0.1, 0.15) is 0 Å². The van der Waals surface area contributed by atoms with E-state index >= 15 is 0 Å². The summed E-state index contributed by atoms with van der Waals surface area (Å²) in [5.41, 5.74) is 7.00. The van der Waals surface area contributed by atoms with Crippen LogP contribution in [-0.4, -0.2) is 20.6 Å². The molecule has 3 N–H and O–H groups in total. The van der Waals surface area contributed by atoms with E-state index in [0.29, 0.717) is 24.1 Å². The monoisotopic (exact) mass is 254 g/mol. The van der Waals surface area contributed by atoms with Gasteiger partial charge in [-0.15, -0.1) is 0 Å². The molecule has 1 heterocycles. The number of nitrogens with two attached hydrogens (primary N) is 1. The zero-order valence-corrected chi connectivity index (χ0v) is 10.3. The molecule has 0 spiro atoms. The van der Waals surface area contributed by atoms with Crippen molar-refractivity contribution in [1.82, 2.24) is 5.32 Å². The summed E-state index contributed by atoms with van der Waals surface area (Å²) in [4.78, 5) is 11.4. The Hall–Kier alpha value is -1.56. The largest absolute Gasteiger partial charge is 0.398 e. The van der Waals surface area contributed by atoms with Crippen LogP contribution < -0.4 is 11.1 Å². The van der Waals surface area contributed by atoms with Gasteiger partial charge in [-0.25, -0.2) is 8.42 Å². The quantitative estimate of drug-likeness (QED) is 0.757. The highest BCUT2D eigenvalue weighted by Crippen LogP contribution is 2.30. The molecule has 17 heavy (non-hydrogen) atoms. The summed E-state index contributed by atoms with van der Waals surface area (Å²) >= 11 is 0. The number of amides is 1. The van der Waals surface area contributed by atoms with Crippen LogP contribution in [0.15, 0.2) is 23.1 Å². The molecule has 5 nitrogen and oxygen atoms in total. The Morgan fingerprint density at radius 3 is 2.65 bits per heavy atom. The highest BCUT2D eigenvalue weighted by Gasteiger charge is 2.24. The summed E-state index contributed by atoms with van der Waals surface area (Å²) in [5.74, 6) is -0.0286. The first-order valence-electron chi connectivity index (χ1n) is 5.27. The average Bonchev–Trinajstić information content (AvgIpc) is 2.63. The molecule has 0 aliphatic carbocycles. The van der Waals surface area contributed by atoms with E-state index in [1.54, 1.807) is 12.1 Å². The van der Waals surface area contributed by atoms with Crippen LogP contribution in [0.2, 0.25) is 0 Å². The van der Waals surface area contributed by atoms with Crippen molar-refractivity contribution < 1.29 is 13.2 Å². The second kappa shape index (κ2) is 4.03. The molecule has 2 rings (SSSR count). The molecule has 1 atom stereocenters. The molecule has 92 valence electrons. The van der Waals surface area contributed by atoms with E-state index in [4.69, 9.17) is 5.73 Å². The molecule has 1 unspecified atom stereocenters. The van der Waals surface area contributed by atoms with Gasteiger partial charge in [0.15, 0.2) is 9.84 Å². The standard InChI is InChI=1S/C11H14N2O3S/c1-17(15,16)7-2-3-9(12)8(6-7)10-4-5-11(14)13-10/h2-3,6,10H,4-5,12H2,1H3,(H,13,14). The summed E-state index contributed by atoms with van der Waals surface area (Å²) < 4.78 is 22.9. The molecule has 1 aromatic carbocycles. The molecule has 1 amide bonds. The maximum atomic E-state index is 11.4. The van der Waals surface area contributed by atoms with Gasteiger partial charge in [0.05, 0.1) is 10.9 Å². The lowest BCUT2D eigenvalue weighted by atomic mass is 10.0. The minimum atomic E-state index is -3.25. The number of benzene rings is 1. The lowest BCUT2D eigenvalue weighted by Crippen LogP contribution is -2.19. The van der Waals surface area contributed by atoms with Gasteiger partial charge in [0.2, 0.25) is 5.91 Å². The predicted molar refractivity (Wildman–Crippen MR) is 64.1 cm³/mol. The summed E-state index contributed by atoms with van der Waals surface area (Å²) in [6.07, 6.45) is 2.25. The summed E-state index contributed by atoms with van der Waals surface area (Å²) in [6, 6.07) is 4.41. The van der Waals surface area contributed by atoms with Crippen molar-refractivity contribution in [2.75, 3.05) is 12.0 Å². The second-order valence-corrected chi connectivity index (χ2v) is 6.24. The van der Waals surface area contributed by atoms with E-state index in [0.717, 1.165) is 6.26 Å². The van der Waals surface area contributed by atoms with Gasteiger partial charge in [-0.05, 0) is 30.2 Å². The van der Waals surface area contributed by atoms with Crippen molar-refractivity contribution >= 4 is 21.4 Å². The molecule has 0 radical (unpaired) electrons. The van der Waals surface area contributed by atoms with E-state index in [9.17, 15) is 13.2 Å². The number of hydrogen-bond donors (Lipinski definition) is 2. The van der Waals surface area contributed by atoms with Gasteiger partial charge < -0.3 is 11.1 Å². The van der Waals surface area contributed by atoms with Gasteiger partial charge in [-0.3, -0.25) is 4.79 Å². The Kier molecular flexibility index (Phi) is 2.82. The Bertz CT molecular complexity index is 566. The number of hydrogen-bond acceptors (Lipinski definition) is 4. The minimum Gasteiger partial charge on any atom is -0.398 e. The van der Waals surface area contributed by atoms with E-state index in [-0.39, 0.29) is 16.8 Å². The number of nitrogen functional groups attached to an aromatic ring is 1. The van der Waals surface area contributed by atoms with Gasteiger partial charge >= 0.3 is 0 Å². The molecule has 1 aliphatic rings. The first-order valence-corrected chi connectivity index (χ1v) is 7.16. The van der Waals surface area contributed by atoms with Gasteiger partial charge in [-0.2, -0.15) is 0 Å². The Morgan fingerprint density at radius 2 is 2.12 bits per heavy atom. The molecule has 1 aliphatic heterocycles. The molecular weight excluding hydrogens is 240 g/mol. The van der Waals surface area contributed by atoms with Crippen LogP contribution >= 0.6 is 0 Å². The van der Waals surface area contributed by atoms with Gasteiger partial charge in [-0.1, -0.05) is 0 Å². The third kappa shape index (κ3) is 2.41. The Morgan fingerprint density at radius 1 is 1.41 bits per heavy atom. The number of nitrogens with one attached hydrogen (secondary N) is 1. The van der Waals surface area contributed by atoms with E-state index in [2.05, 4.69) is 5.32 Å². The van der Waals surface area contributed by atoms with Gasteiger partial charge in [0, 0.05) is 18.4 Å². The van der Waals surface area contributed by atoms with Crippen LogP contribution in [0.25, 0.3) is 0 Å². The molecule has 6 heteroatoms. The molecular formula is C11H14N2O3S. The average molecular weight is 254 g/mol. The molecule has 1 fully saturated rings. The number of carbonyl (C=O) groups is 1. The van der Waals surface area contributed by atoms with Crippen molar-refractivity contribution in [1.29, 1.82) is 0 Å². The Labute approximate surface area is 99.9 Å². The highest BCUT2D eigenvalue weighted by molar-refractivity contribution is 7.90. The fourth-order valence-electron chi connectivity index (χ4n) is 1.93. The number of sulfone groups is 1. The lowest BCUT2D eigenvalue weighted by Gasteiger charge is -2.14. The van der Waals surface area contributed by atoms with E-state index < -0.39 is 9.84 Å². The molecule has 0 aromatic heterocycles. The SMILES string of the molecule is CS(=O)(=O)c1ccc(N)c(C2CCC(=O)N2)c1. The highest BCUT2D eigenvalue weighted by atomic mass is 32.2. The Balaban J connectivity index is 2.43. The molecule has 1 aromatic rings. The third-order valence-corrected chi connectivity index (χ3v) is 3.97. The molecule has 0 bridgehead atoms. The summed E-state index contributed by atoms with van der Waals surface area (Å²) in [7, 11) is -3.25. The van der Waals surface area contributed by atoms with Crippen molar-refractivity contribution in [3.63, 3.8) is 0 Å². The second-order valence-electron chi connectivity index (χ2n) is 4.22. The van der Waals surface area contributed by atoms with Crippen LogP contribution in [0.3, 0.4) is 0 Å². The maximum Gasteiger partial charge on any atom is 0.220 e. The lowest BCUT2D eigenvalue weighted by molar-refractivity contribution is -0.119. The predicted octanol–water partition coefficient (Wildman–Crippen LogP) is 0.623. The zero-order chi connectivity index (χ0) is 12.6. The maximum absolute atomic E-state index is 11.4. The van der Waals surface area contributed by atoms with Crippen molar-refractivity contribution in [3.8, 4) is 0 Å². The summed E-state index contributed by atoms with van der Waals surface area (Å²) in [5, 5.41) is 2.78. The van der Waals surface area contributed by atoms with Crippen LogP contribution in [-0.2, 0) is 14.6 Å². The van der Waals surface area contributed by atoms with Crippen LogP contribution in [0.4, 0.5) is 5.69 Å². The molecule has 1 saturated heterocycles. The minimum absolute atomic E-state index is 0.0286. The topological polar surface area (TPSA) is 89.3 Å². The van der Waals surface area contributed by atoms with E-state index in [1.165, 1.54) is 6.07 Å². The fraction of sp³-hybridized carbons (Fsp3) is 0.364.